The van der Waals surface area contributed by atoms with Crippen molar-refractivity contribution in [2.45, 2.75) is 102 Å². The lowest BCUT2D eigenvalue weighted by molar-refractivity contribution is 0.107. The molecule has 0 spiro atoms. The van der Waals surface area contributed by atoms with Crippen molar-refractivity contribution in [3.8, 4) is 40.2 Å². The number of fused-ring (bicyclic) bond motifs is 3. The fraction of sp³-hybridized carbons (Fsp3) is 0.404. The van der Waals surface area contributed by atoms with Crippen molar-refractivity contribution in [2.75, 3.05) is 38.8 Å². The van der Waals surface area contributed by atoms with Crippen LogP contribution in [-0.4, -0.2) is 73.6 Å². The average molecular weight is 905 g/mol. The molecule has 340 valence electrons. The second-order valence-corrected chi connectivity index (χ2v) is 24.1. The minimum Gasteiger partial charge on any atom is -0.497 e. The van der Waals surface area contributed by atoms with Crippen molar-refractivity contribution < 1.29 is 33.1 Å². The van der Waals surface area contributed by atoms with Crippen molar-refractivity contribution in [3.63, 3.8) is 0 Å². The van der Waals surface area contributed by atoms with Crippen molar-refractivity contribution in [2.24, 2.45) is 0 Å². The summed E-state index contributed by atoms with van der Waals surface area (Å²) in [6, 6.07) is 20.7. The smallest absolute Gasteiger partial charge is 0.317 e. The number of ether oxygens (including phenoxy) is 3. The molecular weight excluding hydrogens is 847 g/mol. The van der Waals surface area contributed by atoms with Crippen molar-refractivity contribution in [1.29, 1.82) is 0 Å². The molecular formula is C52H57F4N5O3Si. The number of nitrogens with zero attached hydrogens (tertiary/aromatic N) is 5. The van der Waals surface area contributed by atoms with Gasteiger partial charge in [0.25, 0.3) is 0 Å². The molecule has 2 aromatic heterocycles. The molecule has 6 aromatic rings. The summed E-state index contributed by atoms with van der Waals surface area (Å²) in [4.78, 5) is 17.8. The van der Waals surface area contributed by atoms with E-state index in [9.17, 15) is 4.39 Å². The van der Waals surface area contributed by atoms with E-state index < -0.39 is 49.0 Å². The van der Waals surface area contributed by atoms with E-state index in [0.29, 0.717) is 42.3 Å². The van der Waals surface area contributed by atoms with Crippen LogP contribution in [0.2, 0.25) is 16.6 Å². The van der Waals surface area contributed by atoms with Gasteiger partial charge in [-0.1, -0.05) is 77.8 Å². The number of halogens is 4. The van der Waals surface area contributed by atoms with Gasteiger partial charge in [-0.15, -0.1) is 5.54 Å². The second kappa shape index (κ2) is 18.6. The van der Waals surface area contributed by atoms with Gasteiger partial charge in [-0.25, -0.2) is 27.5 Å². The van der Waals surface area contributed by atoms with Crippen molar-refractivity contribution in [3.05, 3.63) is 113 Å². The third kappa shape index (κ3) is 8.87. The minimum absolute atomic E-state index is 0.00729. The predicted molar refractivity (Wildman–Crippen MR) is 252 cm³/mol. The molecule has 65 heavy (non-hydrogen) atoms. The maximum absolute atomic E-state index is 17.7. The molecule has 0 N–H and O–H groups in total. The molecule has 2 saturated heterocycles. The maximum atomic E-state index is 17.7. The van der Waals surface area contributed by atoms with Crippen molar-refractivity contribution >= 4 is 35.6 Å². The third-order valence-electron chi connectivity index (χ3n) is 13.7. The number of benzene rings is 4. The molecule has 2 aliphatic rings. The molecule has 0 unspecified atom stereocenters. The number of methoxy groups -OCH3 is 2. The highest BCUT2D eigenvalue weighted by Gasteiger charge is 2.49. The number of rotatable bonds is 14. The minimum atomic E-state index is -2.45. The Hall–Kier alpha value is -5.71. The Morgan fingerprint density at radius 1 is 0.846 bits per heavy atom. The number of anilines is 1. The Labute approximate surface area is 381 Å². The van der Waals surface area contributed by atoms with Crippen LogP contribution in [-0.2, 0) is 13.1 Å². The molecule has 0 radical (unpaired) electrons. The van der Waals surface area contributed by atoms with E-state index in [1.165, 1.54) is 6.07 Å². The lowest BCUT2D eigenvalue weighted by Gasteiger charge is -2.38. The van der Waals surface area contributed by atoms with E-state index in [1.807, 2.05) is 53.4 Å². The summed E-state index contributed by atoms with van der Waals surface area (Å²) < 4.78 is 91.7. The Balaban J connectivity index is 1.35. The Morgan fingerprint density at radius 3 is 2.08 bits per heavy atom. The number of alkyl halides is 1. The third-order valence-corrected chi connectivity index (χ3v) is 20.0. The van der Waals surface area contributed by atoms with E-state index in [4.69, 9.17) is 20.6 Å². The molecule has 4 aromatic carbocycles. The number of hydrogen-bond donors (Lipinski definition) is 0. The summed E-state index contributed by atoms with van der Waals surface area (Å²) in [7, 11) is 0.749. The molecule has 4 heterocycles. The van der Waals surface area contributed by atoms with E-state index >= 15 is 13.2 Å². The zero-order chi connectivity index (χ0) is 47.1. The van der Waals surface area contributed by atoms with Crippen LogP contribution in [0.3, 0.4) is 0 Å². The first-order valence-electron chi connectivity index (χ1n) is 22.9. The lowest BCUT2D eigenvalue weighted by atomic mass is 9.95. The molecule has 8 rings (SSSR count). The molecule has 8 nitrogen and oxygen atoms in total. The SMILES string of the molecule is [2H]c1nc(OC[C@@]23CCCN2C[C@H](F)C3)nc2c(F)c(-c3nc(N(Cc4ccc(OC)cc4)Cc4ccc(OC)cc4)cc4ccc(F)c(C#C[Si](C(C)C)(C(C)C)C(C)C)c34)c(F)cc12. The summed E-state index contributed by atoms with van der Waals surface area (Å²) in [5.74, 6) is 2.21. The summed E-state index contributed by atoms with van der Waals surface area (Å²) in [5.41, 5.74) is 4.47. The van der Waals surface area contributed by atoms with Gasteiger partial charge in [0.15, 0.2) is 5.82 Å². The number of pyridine rings is 1. The number of aromatic nitrogens is 3. The largest absolute Gasteiger partial charge is 0.497 e. The van der Waals surface area contributed by atoms with E-state index in [1.54, 1.807) is 26.4 Å². The zero-order valence-corrected chi connectivity index (χ0v) is 39.4. The van der Waals surface area contributed by atoms with Gasteiger partial charge in [-0.2, -0.15) is 4.98 Å². The van der Waals surface area contributed by atoms with E-state index in [2.05, 4.69) is 67.9 Å². The van der Waals surface area contributed by atoms with Gasteiger partial charge in [0.1, 0.15) is 55.3 Å². The predicted octanol–water partition coefficient (Wildman–Crippen LogP) is 12.0. The maximum Gasteiger partial charge on any atom is 0.317 e. The van der Waals surface area contributed by atoms with Gasteiger partial charge in [0.05, 0.1) is 38.0 Å². The summed E-state index contributed by atoms with van der Waals surface area (Å²) in [6.45, 7) is 14.7. The highest BCUT2D eigenvalue weighted by atomic mass is 28.3. The number of hydrogen-bond acceptors (Lipinski definition) is 8. The van der Waals surface area contributed by atoms with Gasteiger partial charge >= 0.3 is 6.01 Å². The van der Waals surface area contributed by atoms with Gasteiger partial charge in [0.2, 0.25) is 0 Å². The highest BCUT2D eigenvalue weighted by molar-refractivity contribution is 6.90. The van der Waals surface area contributed by atoms with Crippen LogP contribution in [0.5, 0.6) is 17.5 Å². The second-order valence-electron chi connectivity index (χ2n) is 18.5. The Kier molecular flexibility index (Phi) is 12.8. The van der Waals surface area contributed by atoms with Crippen LogP contribution in [0.4, 0.5) is 23.4 Å². The lowest BCUT2D eigenvalue weighted by Crippen LogP contribution is -2.43. The Morgan fingerprint density at radius 2 is 1.48 bits per heavy atom. The molecule has 0 aliphatic carbocycles. The first-order valence-corrected chi connectivity index (χ1v) is 24.7. The van der Waals surface area contributed by atoms with Gasteiger partial charge < -0.3 is 19.1 Å². The van der Waals surface area contributed by atoms with Crippen LogP contribution in [0.1, 0.15) is 78.9 Å². The quantitative estimate of drug-likeness (QED) is 0.0608. The molecule has 0 bridgehead atoms. The van der Waals surface area contributed by atoms with Crippen LogP contribution < -0.4 is 19.1 Å². The van der Waals surface area contributed by atoms with Gasteiger partial charge in [-0.3, -0.25) is 4.90 Å². The molecule has 0 saturated carbocycles. The fourth-order valence-corrected chi connectivity index (χ4v) is 15.7. The molecule has 2 aliphatic heterocycles. The van der Waals surface area contributed by atoms with Crippen LogP contribution in [0.25, 0.3) is 32.9 Å². The zero-order valence-electron chi connectivity index (χ0n) is 39.4. The van der Waals surface area contributed by atoms with Gasteiger partial charge in [0, 0.05) is 43.0 Å². The van der Waals surface area contributed by atoms with Crippen LogP contribution in [0, 0.1) is 28.9 Å². The first kappa shape index (κ1) is 44.5. The van der Waals surface area contributed by atoms with Crippen LogP contribution in [0.15, 0.2) is 79.0 Å². The molecule has 2 atom stereocenters. The monoisotopic (exact) mass is 904 g/mol. The summed E-state index contributed by atoms with van der Waals surface area (Å²) in [6.07, 6.45) is 0.454. The highest BCUT2D eigenvalue weighted by Crippen LogP contribution is 2.43. The van der Waals surface area contributed by atoms with Gasteiger partial charge in [-0.05, 0) is 95.0 Å². The first-order chi connectivity index (χ1) is 31.6. The Bertz CT molecular complexity index is 2750. The fourth-order valence-electron chi connectivity index (χ4n) is 10.5. The molecule has 0 amide bonds. The van der Waals surface area contributed by atoms with E-state index in [0.717, 1.165) is 36.6 Å². The standard InChI is InChI=1S/C52H57F4N5O3Si/c1-32(2)65(33(3)4,34(5)6)23-20-42-43(54)19-14-37-25-45(60(28-35-10-15-40(62-7)16-11-35)29-36-12-17-41(63-8)18-13-36)58-50(46(37)42)47-44(55)24-38-27-57-51(59-49(38)48(47)56)64-31-52-21-9-22-61(52)30-39(53)26-52/h10-19,24-25,27,32-34,39H,9,21-22,26,28-31H2,1-8H3/t39-,52+/m1/s1/i27D. The van der Waals surface area contributed by atoms with E-state index in [-0.39, 0.29) is 63.2 Å². The van der Waals surface area contributed by atoms with Crippen LogP contribution >= 0.6 is 0 Å². The average Bonchev–Trinajstić information content (AvgIpc) is 3.82. The summed E-state index contributed by atoms with van der Waals surface area (Å²) in [5, 5.41) is 0.437. The summed E-state index contributed by atoms with van der Waals surface area (Å²) >= 11 is 0. The molecule has 2 fully saturated rings. The molecule has 13 heteroatoms. The topological polar surface area (TPSA) is 72.8 Å². The normalized spacial score (nSPS) is 17.8. The van der Waals surface area contributed by atoms with Crippen molar-refractivity contribution in [1.82, 2.24) is 19.9 Å².